The van der Waals surface area contributed by atoms with Crippen molar-refractivity contribution in [1.82, 2.24) is 0 Å². The average molecular weight is 266 g/mol. The summed E-state index contributed by atoms with van der Waals surface area (Å²) < 4.78 is 5.26. The number of unbranched alkanes of at least 4 members (excludes halogenated alkanes) is 2. The first-order chi connectivity index (χ1) is 9.11. The normalized spacial score (nSPS) is 12.6. The molecule has 0 aromatic heterocycles. The van der Waals surface area contributed by atoms with Gasteiger partial charge in [0.25, 0.3) is 0 Å². The van der Waals surface area contributed by atoms with Crippen LogP contribution in [0.3, 0.4) is 0 Å². The minimum Gasteiger partial charge on any atom is -0.462 e. The standard InChI is InChI=1S/C17H30O2/c1-5-7-8-9-10-11-13-16(12-6-2)14-19-17(18)15(3)4/h7-8,16H,3,5-6,9-14H2,1-2,4H3. The summed E-state index contributed by atoms with van der Waals surface area (Å²) in [5.41, 5.74) is 0.486. The van der Waals surface area contributed by atoms with Crippen LogP contribution >= 0.6 is 0 Å². The van der Waals surface area contributed by atoms with E-state index in [2.05, 4.69) is 32.6 Å². The lowest BCUT2D eigenvalue weighted by Gasteiger charge is -2.16. The second kappa shape index (κ2) is 12.0. The van der Waals surface area contributed by atoms with E-state index in [0.717, 1.165) is 32.1 Å². The molecule has 0 aliphatic heterocycles. The first-order valence-corrected chi connectivity index (χ1v) is 7.59. The van der Waals surface area contributed by atoms with Crippen molar-refractivity contribution in [1.29, 1.82) is 0 Å². The van der Waals surface area contributed by atoms with Crippen molar-refractivity contribution in [2.45, 2.75) is 65.7 Å². The van der Waals surface area contributed by atoms with Crippen LogP contribution in [0.1, 0.15) is 65.7 Å². The highest BCUT2D eigenvalue weighted by molar-refractivity contribution is 5.86. The van der Waals surface area contributed by atoms with E-state index in [9.17, 15) is 4.79 Å². The van der Waals surface area contributed by atoms with Crippen LogP contribution in [0.15, 0.2) is 24.3 Å². The highest BCUT2D eigenvalue weighted by Gasteiger charge is 2.11. The van der Waals surface area contributed by atoms with Crippen molar-refractivity contribution >= 4 is 5.97 Å². The van der Waals surface area contributed by atoms with Crippen LogP contribution in [0.25, 0.3) is 0 Å². The molecule has 110 valence electrons. The molecule has 2 nitrogen and oxygen atoms in total. The maximum Gasteiger partial charge on any atom is 0.333 e. The third-order valence-electron chi connectivity index (χ3n) is 3.13. The van der Waals surface area contributed by atoms with Gasteiger partial charge < -0.3 is 4.74 Å². The number of hydrogen-bond donors (Lipinski definition) is 0. The van der Waals surface area contributed by atoms with E-state index in [1.807, 2.05) is 0 Å². The van der Waals surface area contributed by atoms with E-state index in [-0.39, 0.29) is 5.97 Å². The first-order valence-electron chi connectivity index (χ1n) is 7.59. The topological polar surface area (TPSA) is 26.3 Å². The molecular formula is C17H30O2. The van der Waals surface area contributed by atoms with E-state index < -0.39 is 0 Å². The number of allylic oxidation sites excluding steroid dienone is 2. The Morgan fingerprint density at radius 2 is 1.95 bits per heavy atom. The SMILES string of the molecule is C=C(C)C(=O)OCC(CCC)CCCCC=CCC. The summed E-state index contributed by atoms with van der Waals surface area (Å²) in [4.78, 5) is 11.4. The van der Waals surface area contributed by atoms with Crippen molar-refractivity contribution in [2.75, 3.05) is 6.61 Å². The molecule has 19 heavy (non-hydrogen) atoms. The van der Waals surface area contributed by atoms with E-state index in [0.29, 0.717) is 18.1 Å². The van der Waals surface area contributed by atoms with Gasteiger partial charge in [0.2, 0.25) is 0 Å². The van der Waals surface area contributed by atoms with Gasteiger partial charge in [-0.25, -0.2) is 4.79 Å². The Kier molecular flexibility index (Phi) is 11.3. The minimum absolute atomic E-state index is 0.257. The molecule has 0 aromatic rings. The van der Waals surface area contributed by atoms with Crippen LogP contribution in [0.5, 0.6) is 0 Å². The van der Waals surface area contributed by atoms with Gasteiger partial charge in [-0.1, -0.05) is 45.4 Å². The Bertz CT molecular complexity index is 279. The fourth-order valence-electron chi connectivity index (χ4n) is 2.02. The second-order valence-corrected chi connectivity index (χ2v) is 5.20. The average Bonchev–Trinajstić information content (AvgIpc) is 2.39. The summed E-state index contributed by atoms with van der Waals surface area (Å²) in [6.45, 7) is 10.2. The van der Waals surface area contributed by atoms with E-state index >= 15 is 0 Å². The molecule has 0 aromatic carbocycles. The number of carbonyl (C=O) groups is 1. The molecule has 0 spiro atoms. The highest BCUT2D eigenvalue weighted by atomic mass is 16.5. The predicted octanol–water partition coefficient (Wildman–Crippen LogP) is 5.05. The molecule has 0 N–H and O–H groups in total. The van der Waals surface area contributed by atoms with Gasteiger partial charge in [0.05, 0.1) is 6.61 Å². The molecule has 0 heterocycles. The molecule has 0 bridgehead atoms. The molecule has 1 unspecified atom stereocenters. The minimum atomic E-state index is -0.257. The van der Waals surface area contributed by atoms with E-state index in [4.69, 9.17) is 4.74 Å². The smallest absolute Gasteiger partial charge is 0.333 e. The van der Waals surface area contributed by atoms with Crippen molar-refractivity contribution in [3.05, 3.63) is 24.3 Å². The first kappa shape index (κ1) is 17.9. The summed E-state index contributed by atoms with van der Waals surface area (Å²) in [6, 6.07) is 0. The van der Waals surface area contributed by atoms with Gasteiger partial charge in [0, 0.05) is 5.57 Å². The molecule has 0 aliphatic rings. The summed E-state index contributed by atoms with van der Waals surface area (Å²) in [7, 11) is 0. The Morgan fingerprint density at radius 3 is 2.53 bits per heavy atom. The van der Waals surface area contributed by atoms with Gasteiger partial charge in [-0.05, 0) is 44.9 Å². The van der Waals surface area contributed by atoms with Crippen molar-refractivity contribution in [2.24, 2.45) is 5.92 Å². The third kappa shape index (κ3) is 10.5. The Labute approximate surface area is 118 Å². The number of carbonyl (C=O) groups excluding carboxylic acids is 1. The molecule has 0 saturated heterocycles. The quantitative estimate of drug-likeness (QED) is 0.226. The summed E-state index contributed by atoms with van der Waals surface area (Å²) >= 11 is 0. The van der Waals surface area contributed by atoms with Gasteiger partial charge in [-0.15, -0.1) is 0 Å². The maximum absolute atomic E-state index is 11.4. The molecular weight excluding hydrogens is 236 g/mol. The zero-order valence-electron chi connectivity index (χ0n) is 12.9. The molecule has 0 saturated carbocycles. The second-order valence-electron chi connectivity index (χ2n) is 5.20. The fourth-order valence-corrected chi connectivity index (χ4v) is 2.02. The van der Waals surface area contributed by atoms with Gasteiger partial charge in [0.15, 0.2) is 0 Å². The zero-order valence-corrected chi connectivity index (χ0v) is 12.9. The molecule has 2 heteroatoms. The molecule has 0 fully saturated rings. The highest BCUT2D eigenvalue weighted by Crippen LogP contribution is 2.17. The summed E-state index contributed by atoms with van der Waals surface area (Å²) in [5.74, 6) is 0.246. The van der Waals surface area contributed by atoms with Gasteiger partial charge in [-0.2, -0.15) is 0 Å². The van der Waals surface area contributed by atoms with Crippen molar-refractivity contribution in [3.8, 4) is 0 Å². The predicted molar refractivity (Wildman–Crippen MR) is 82.1 cm³/mol. The Morgan fingerprint density at radius 1 is 1.21 bits per heavy atom. The van der Waals surface area contributed by atoms with Crippen LogP contribution in [0.2, 0.25) is 0 Å². The van der Waals surface area contributed by atoms with Gasteiger partial charge in [-0.3, -0.25) is 0 Å². The van der Waals surface area contributed by atoms with Crippen molar-refractivity contribution in [3.63, 3.8) is 0 Å². The van der Waals surface area contributed by atoms with Crippen LogP contribution in [-0.4, -0.2) is 12.6 Å². The monoisotopic (exact) mass is 266 g/mol. The summed E-state index contributed by atoms with van der Waals surface area (Å²) in [6.07, 6.45) is 12.6. The van der Waals surface area contributed by atoms with Gasteiger partial charge >= 0.3 is 5.97 Å². The zero-order chi connectivity index (χ0) is 14.5. The Hall–Kier alpha value is -1.05. The lowest BCUT2D eigenvalue weighted by Crippen LogP contribution is -2.14. The van der Waals surface area contributed by atoms with E-state index in [1.54, 1.807) is 6.92 Å². The van der Waals surface area contributed by atoms with Crippen LogP contribution < -0.4 is 0 Å². The van der Waals surface area contributed by atoms with Crippen molar-refractivity contribution < 1.29 is 9.53 Å². The number of hydrogen-bond acceptors (Lipinski definition) is 2. The number of ether oxygens (including phenoxy) is 1. The molecule has 0 aliphatic carbocycles. The lowest BCUT2D eigenvalue weighted by atomic mass is 9.97. The van der Waals surface area contributed by atoms with Crippen LogP contribution in [-0.2, 0) is 9.53 Å². The molecule has 0 radical (unpaired) electrons. The maximum atomic E-state index is 11.4. The van der Waals surface area contributed by atoms with Gasteiger partial charge in [0.1, 0.15) is 0 Å². The fraction of sp³-hybridized carbons (Fsp3) is 0.706. The van der Waals surface area contributed by atoms with Crippen LogP contribution in [0.4, 0.5) is 0 Å². The largest absolute Gasteiger partial charge is 0.462 e. The molecule has 1 atom stereocenters. The molecule has 0 rings (SSSR count). The van der Waals surface area contributed by atoms with Crippen LogP contribution in [0, 0.1) is 5.92 Å². The number of esters is 1. The van der Waals surface area contributed by atoms with E-state index in [1.165, 1.54) is 12.8 Å². The number of rotatable bonds is 11. The molecule has 0 amide bonds. The summed E-state index contributed by atoms with van der Waals surface area (Å²) in [5, 5.41) is 0. The third-order valence-corrected chi connectivity index (χ3v) is 3.13. The lowest BCUT2D eigenvalue weighted by molar-refractivity contribution is -0.140. The Balaban J connectivity index is 3.82.